The number of nitrogens with two attached hydrogens (primary N) is 1. The van der Waals surface area contributed by atoms with Crippen LogP contribution in [0, 0.1) is 5.41 Å². The molecule has 0 radical (unpaired) electrons. The Morgan fingerprint density at radius 2 is 2.00 bits per heavy atom. The van der Waals surface area contributed by atoms with E-state index in [-0.39, 0.29) is 5.41 Å². The number of hydrogen-bond donors (Lipinski definition) is 1. The van der Waals surface area contributed by atoms with Crippen molar-refractivity contribution in [3.8, 4) is 5.75 Å². The molecule has 3 heteroatoms. The molecular formula is C11H16ClNO. The number of ether oxygens (including phenoxy) is 1. The normalized spacial score (nSPS) is 11.4. The molecule has 0 atom stereocenters. The second-order valence-electron chi connectivity index (χ2n) is 4.54. The standard InChI is InChI=1S/C11H16ClNO/c1-11(2,3)7-14-10-5-4-8(13)6-9(10)12/h4-6H,7,13H2,1-3H3. The van der Waals surface area contributed by atoms with Crippen LogP contribution in [0.15, 0.2) is 18.2 Å². The topological polar surface area (TPSA) is 35.2 Å². The van der Waals surface area contributed by atoms with Gasteiger partial charge in [0.25, 0.3) is 0 Å². The zero-order valence-corrected chi connectivity index (χ0v) is 9.56. The van der Waals surface area contributed by atoms with Gasteiger partial charge in [-0.25, -0.2) is 0 Å². The highest BCUT2D eigenvalue weighted by molar-refractivity contribution is 6.32. The van der Waals surface area contributed by atoms with Crippen LogP contribution in [0.5, 0.6) is 5.75 Å². The number of halogens is 1. The quantitative estimate of drug-likeness (QED) is 0.765. The fraction of sp³-hybridized carbons (Fsp3) is 0.455. The van der Waals surface area contributed by atoms with Crippen molar-refractivity contribution in [3.05, 3.63) is 23.2 Å². The smallest absolute Gasteiger partial charge is 0.138 e. The van der Waals surface area contributed by atoms with Crippen molar-refractivity contribution in [3.63, 3.8) is 0 Å². The summed E-state index contributed by atoms with van der Waals surface area (Å²) in [5, 5.41) is 0.564. The first kappa shape index (κ1) is 11.2. The maximum absolute atomic E-state index is 5.95. The molecule has 2 N–H and O–H groups in total. The molecule has 14 heavy (non-hydrogen) atoms. The molecule has 78 valence electrons. The first-order valence-corrected chi connectivity index (χ1v) is 4.94. The molecule has 0 unspecified atom stereocenters. The van der Waals surface area contributed by atoms with Crippen LogP contribution in [0.3, 0.4) is 0 Å². The van der Waals surface area contributed by atoms with Crippen LogP contribution >= 0.6 is 11.6 Å². The van der Waals surface area contributed by atoms with E-state index in [4.69, 9.17) is 22.1 Å². The van der Waals surface area contributed by atoms with Crippen molar-refractivity contribution in [2.75, 3.05) is 12.3 Å². The molecule has 1 rings (SSSR count). The summed E-state index contributed by atoms with van der Waals surface area (Å²) in [6, 6.07) is 5.27. The summed E-state index contributed by atoms with van der Waals surface area (Å²) in [6.07, 6.45) is 0. The van der Waals surface area contributed by atoms with Crippen molar-refractivity contribution in [1.29, 1.82) is 0 Å². The minimum Gasteiger partial charge on any atom is -0.491 e. The molecule has 2 nitrogen and oxygen atoms in total. The van der Waals surface area contributed by atoms with Gasteiger partial charge in [-0.1, -0.05) is 32.4 Å². The van der Waals surface area contributed by atoms with Crippen LogP contribution < -0.4 is 10.5 Å². The third-order valence-corrected chi connectivity index (χ3v) is 1.91. The van der Waals surface area contributed by atoms with Gasteiger partial charge in [-0.15, -0.1) is 0 Å². The van der Waals surface area contributed by atoms with Crippen LogP contribution in [0.2, 0.25) is 5.02 Å². The fourth-order valence-electron chi connectivity index (χ4n) is 0.928. The maximum atomic E-state index is 5.95. The molecule has 0 aliphatic heterocycles. The summed E-state index contributed by atoms with van der Waals surface area (Å²) in [5.74, 6) is 0.691. The van der Waals surface area contributed by atoms with Crippen molar-refractivity contribution < 1.29 is 4.74 Å². The highest BCUT2D eigenvalue weighted by Gasteiger charge is 2.12. The van der Waals surface area contributed by atoms with Crippen molar-refractivity contribution in [1.82, 2.24) is 0 Å². The number of anilines is 1. The Hall–Kier alpha value is -0.890. The summed E-state index contributed by atoms with van der Waals surface area (Å²) in [6.45, 7) is 6.96. The SMILES string of the molecule is CC(C)(C)COc1ccc(N)cc1Cl. The van der Waals surface area contributed by atoms with Gasteiger partial charge < -0.3 is 10.5 Å². The third-order valence-electron chi connectivity index (χ3n) is 1.62. The van der Waals surface area contributed by atoms with Crippen molar-refractivity contribution >= 4 is 17.3 Å². The monoisotopic (exact) mass is 213 g/mol. The van der Waals surface area contributed by atoms with Gasteiger partial charge in [-0.2, -0.15) is 0 Å². The Morgan fingerprint density at radius 3 is 2.50 bits per heavy atom. The molecule has 0 saturated heterocycles. The van der Waals surface area contributed by atoms with Gasteiger partial charge in [0.2, 0.25) is 0 Å². The summed E-state index contributed by atoms with van der Waals surface area (Å²) in [7, 11) is 0. The zero-order valence-electron chi connectivity index (χ0n) is 8.80. The first-order chi connectivity index (χ1) is 6.38. The van der Waals surface area contributed by atoms with Crippen LogP contribution in [-0.4, -0.2) is 6.61 Å². The highest BCUT2D eigenvalue weighted by atomic mass is 35.5. The van der Waals surface area contributed by atoms with Gasteiger partial charge in [0.15, 0.2) is 0 Å². The van der Waals surface area contributed by atoms with Gasteiger partial charge in [-0.05, 0) is 23.6 Å². The summed E-state index contributed by atoms with van der Waals surface area (Å²) in [4.78, 5) is 0. The molecule has 0 aromatic heterocycles. The van der Waals surface area contributed by atoms with E-state index in [0.717, 1.165) is 0 Å². The van der Waals surface area contributed by atoms with E-state index in [2.05, 4.69) is 20.8 Å². The van der Waals surface area contributed by atoms with E-state index in [9.17, 15) is 0 Å². The predicted molar refractivity (Wildman–Crippen MR) is 60.8 cm³/mol. The van der Waals surface area contributed by atoms with Crippen LogP contribution in [0.4, 0.5) is 5.69 Å². The van der Waals surface area contributed by atoms with Crippen molar-refractivity contribution in [2.24, 2.45) is 5.41 Å². The third kappa shape index (κ3) is 3.46. The zero-order chi connectivity index (χ0) is 10.8. The average Bonchev–Trinajstić information content (AvgIpc) is 2.00. The van der Waals surface area contributed by atoms with E-state index in [1.165, 1.54) is 0 Å². The molecule has 0 saturated carbocycles. The van der Waals surface area contributed by atoms with Crippen LogP contribution in [-0.2, 0) is 0 Å². The number of nitrogen functional groups attached to an aromatic ring is 1. The lowest BCUT2D eigenvalue weighted by Crippen LogP contribution is -2.16. The van der Waals surface area contributed by atoms with Crippen LogP contribution in [0.1, 0.15) is 20.8 Å². The fourth-order valence-corrected chi connectivity index (χ4v) is 1.17. The first-order valence-electron chi connectivity index (χ1n) is 4.56. The Morgan fingerprint density at radius 1 is 1.36 bits per heavy atom. The lowest BCUT2D eigenvalue weighted by molar-refractivity contribution is 0.198. The lowest BCUT2D eigenvalue weighted by atomic mass is 9.99. The molecule has 0 fully saturated rings. The predicted octanol–water partition coefficient (Wildman–Crippen LogP) is 3.35. The molecule has 0 aliphatic carbocycles. The number of rotatable bonds is 2. The Kier molecular flexibility index (Phi) is 3.27. The minimum absolute atomic E-state index is 0.130. The van der Waals surface area contributed by atoms with Crippen LogP contribution in [0.25, 0.3) is 0 Å². The number of benzene rings is 1. The molecule has 0 spiro atoms. The van der Waals surface area contributed by atoms with Gasteiger partial charge in [0.05, 0.1) is 11.6 Å². The molecule has 0 bridgehead atoms. The van der Waals surface area contributed by atoms with E-state index < -0.39 is 0 Å². The van der Waals surface area contributed by atoms with Gasteiger partial charge >= 0.3 is 0 Å². The average molecular weight is 214 g/mol. The van der Waals surface area contributed by atoms with Gasteiger partial charge in [0.1, 0.15) is 5.75 Å². The molecule has 1 aromatic carbocycles. The van der Waals surface area contributed by atoms with Gasteiger partial charge in [0, 0.05) is 5.69 Å². The van der Waals surface area contributed by atoms with E-state index in [0.29, 0.717) is 23.1 Å². The van der Waals surface area contributed by atoms with E-state index >= 15 is 0 Å². The summed E-state index contributed by atoms with van der Waals surface area (Å²) < 4.78 is 5.57. The molecule has 1 aromatic rings. The van der Waals surface area contributed by atoms with Gasteiger partial charge in [-0.3, -0.25) is 0 Å². The van der Waals surface area contributed by atoms with Crippen molar-refractivity contribution in [2.45, 2.75) is 20.8 Å². The Labute approximate surface area is 90.0 Å². The van der Waals surface area contributed by atoms with E-state index in [1.807, 2.05) is 0 Å². The summed E-state index contributed by atoms with van der Waals surface area (Å²) in [5.41, 5.74) is 6.35. The summed E-state index contributed by atoms with van der Waals surface area (Å²) >= 11 is 5.95. The number of hydrogen-bond acceptors (Lipinski definition) is 2. The Bertz CT molecular complexity index is 318. The van der Waals surface area contributed by atoms with E-state index in [1.54, 1.807) is 18.2 Å². The Balaban J connectivity index is 2.68. The second-order valence-corrected chi connectivity index (χ2v) is 4.95. The second kappa shape index (κ2) is 4.09. The highest BCUT2D eigenvalue weighted by Crippen LogP contribution is 2.27. The lowest BCUT2D eigenvalue weighted by Gasteiger charge is -2.19. The largest absolute Gasteiger partial charge is 0.491 e. The molecule has 0 aliphatic rings. The molecular weight excluding hydrogens is 198 g/mol. The molecule has 0 heterocycles. The minimum atomic E-state index is 0.130. The molecule has 0 amide bonds. The maximum Gasteiger partial charge on any atom is 0.138 e.